The number of hydrogen-bond donors (Lipinski definition) is 5. The van der Waals surface area contributed by atoms with Gasteiger partial charge in [-0.3, -0.25) is 9.59 Å². The van der Waals surface area contributed by atoms with Crippen LogP contribution in [-0.2, 0) is 4.79 Å². The maximum absolute atomic E-state index is 14.7. The number of hydrogen-bond acceptors (Lipinski definition) is 7. The zero-order valence-electron chi connectivity index (χ0n) is 19.0. The molecule has 0 spiro atoms. The summed E-state index contributed by atoms with van der Waals surface area (Å²) in [5.41, 5.74) is 8.80. The van der Waals surface area contributed by atoms with Gasteiger partial charge in [0.25, 0.3) is 12.0 Å². The van der Waals surface area contributed by atoms with E-state index in [0.29, 0.717) is 0 Å². The molecule has 0 bridgehead atoms. The van der Waals surface area contributed by atoms with E-state index >= 15 is 0 Å². The lowest BCUT2D eigenvalue weighted by Crippen LogP contribution is -2.48. The van der Waals surface area contributed by atoms with Gasteiger partial charge in [-0.05, 0) is 18.9 Å². The highest BCUT2D eigenvalue weighted by Crippen LogP contribution is 2.33. The van der Waals surface area contributed by atoms with E-state index in [4.69, 9.17) is 11.5 Å². The first-order valence-corrected chi connectivity index (χ1v) is 10.8. The van der Waals surface area contributed by atoms with Crippen LogP contribution in [0.25, 0.3) is 6.08 Å². The highest BCUT2D eigenvalue weighted by molar-refractivity contribution is 5.76. The van der Waals surface area contributed by atoms with Gasteiger partial charge in [0.05, 0.1) is 11.6 Å². The average molecular weight is 493 g/mol. The number of H-pyrrole nitrogens is 1. The minimum Gasteiger partial charge on any atom is -0.400 e. The Balaban J connectivity index is 1.98. The molecule has 0 saturated carbocycles. The van der Waals surface area contributed by atoms with E-state index in [-0.39, 0.29) is 60.2 Å². The quantitative estimate of drug-likeness (QED) is 0.373. The molecule has 1 fully saturated rings. The van der Waals surface area contributed by atoms with E-state index in [0.717, 1.165) is 6.07 Å². The average Bonchev–Trinajstić information content (AvgIpc) is 2.82. The number of nitrogens with two attached hydrogens (primary N) is 2. The van der Waals surface area contributed by atoms with Crippen LogP contribution in [0.2, 0.25) is 0 Å². The topological polar surface area (TPSA) is 150 Å². The molecule has 0 radical (unpaired) electrons. The fourth-order valence-electron chi connectivity index (χ4n) is 3.89. The number of carbonyl (C=O) groups excluding carboxylic acids is 1. The van der Waals surface area contributed by atoms with Crippen molar-refractivity contribution >= 4 is 23.5 Å². The predicted octanol–water partition coefficient (Wildman–Crippen LogP) is 2.44. The van der Waals surface area contributed by atoms with Crippen molar-refractivity contribution in [1.82, 2.24) is 15.1 Å². The molecule has 1 saturated heterocycles. The molecular weight excluding hydrogens is 465 g/mol. The number of carbonyl (C=O) groups is 1. The number of anilines is 2. The molecule has 3 rings (SSSR count). The second-order valence-corrected chi connectivity index (χ2v) is 8.27. The number of halogens is 3. The number of alkyl halides is 2. The van der Waals surface area contributed by atoms with Gasteiger partial charge in [0.2, 0.25) is 5.91 Å². The minimum absolute atomic E-state index is 0.0103. The van der Waals surface area contributed by atoms with E-state index in [1.54, 1.807) is 4.90 Å². The molecule has 7 N–H and O–H groups in total. The number of nitrogens with zero attached hydrogens (tertiary/aromatic N) is 2. The highest BCUT2D eigenvalue weighted by Gasteiger charge is 2.36. The summed E-state index contributed by atoms with van der Waals surface area (Å²) < 4.78 is 41.1. The molecule has 188 valence electrons. The smallest absolute Gasteiger partial charge is 0.288 e. The molecule has 1 amide bonds. The third-order valence-corrected chi connectivity index (χ3v) is 6.09. The van der Waals surface area contributed by atoms with Crippen LogP contribution in [0.5, 0.6) is 0 Å². The Morgan fingerprint density at radius 3 is 2.54 bits per heavy atom. The van der Waals surface area contributed by atoms with Crippen LogP contribution < -0.4 is 22.3 Å². The number of aliphatic hydroxyl groups is 1. The maximum Gasteiger partial charge on any atom is 0.288 e. The summed E-state index contributed by atoms with van der Waals surface area (Å²) in [5.74, 6) is -1.27. The van der Waals surface area contributed by atoms with Gasteiger partial charge < -0.3 is 26.8 Å². The van der Waals surface area contributed by atoms with E-state index in [1.807, 2.05) is 0 Å². The van der Waals surface area contributed by atoms with Crippen molar-refractivity contribution < 1.29 is 23.1 Å². The third kappa shape index (κ3) is 5.32. The Hall–Kier alpha value is -3.80. The summed E-state index contributed by atoms with van der Waals surface area (Å²) in [7, 11) is 0. The van der Waals surface area contributed by atoms with Crippen molar-refractivity contribution in [2.45, 2.75) is 37.8 Å². The van der Waals surface area contributed by atoms with Crippen molar-refractivity contribution in [1.29, 1.82) is 0 Å². The summed E-state index contributed by atoms with van der Waals surface area (Å²) in [4.78, 5) is 25.3. The van der Waals surface area contributed by atoms with Gasteiger partial charge >= 0.3 is 0 Å². The second kappa shape index (κ2) is 10.2. The number of nitrogen functional groups attached to an aromatic ring is 1. The largest absolute Gasteiger partial charge is 0.400 e. The summed E-state index contributed by atoms with van der Waals surface area (Å²) in [6, 6.07) is 2.55. The molecule has 1 aromatic heterocycles. The number of likely N-dealkylation sites (tertiary alicyclic amines) is 1. The molecule has 12 heteroatoms. The summed E-state index contributed by atoms with van der Waals surface area (Å²) >= 11 is 0. The van der Waals surface area contributed by atoms with Gasteiger partial charge in [-0.15, -0.1) is 6.58 Å². The predicted molar refractivity (Wildman–Crippen MR) is 126 cm³/mol. The second-order valence-electron chi connectivity index (χ2n) is 8.27. The lowest BCUT2D eigenvalue weighted by atomic mass is 9.87. The molecule has 0 aliphatic carbocycles. The van der Waals surface area contributed by atoms with Crippen LogP contribution in [0, 0.1) is 5.82 Å². The molecule has 2 heterocycles. The van der Waals surface area contributed by atoms with E-state index < -0.39 is 35.0 Å². The van der Waals surface area contributed by atoms with Crippen molar-refractivity contribution in [3.8, 4) is 0 Å². The van der Waals surface area contributed by atoms with Crippen LogP contribution in [0.1, 0.15) is 48.9 Å². The maximum atomic E-state index is 14.7. The van der Waals surface area contributed by atoms with E-state index in [1.165, 1.54) is 31.2 Å². The molecule has 1 aliphatic heterocycles. The third-order valence-electron chi connectivity index (χ3n) is 6.09. The van der Waals surface area contributed by atoms with Crippen molar-refractivity contribution in [2.75, 3.05) is 24.1 Å². The van der Waals surface area contributed by atoms with Crippen LogP contribution >= 0.6 is 0 Å². The monoisotopic (exact) mass is 492 g/mol. The molecule has 2 aromatic rings. The Morgan fingerprint density at radius 1 is 1.34 bits per heavy atom. The summed E-state index contributed by atoms with van der Waals surface area (Å²) in [6.07, 6.45) is -0.131. The van der Waals surface area contributed by atoms with Crippen LogP contribution in [0.3, 0.4) is 0 Å². The Kier molecular flexibility index (Phi) is 7.54. The van der Waals surface area contributed by atoms with Gasteiger partial charge in [0, 0.05) is 36.8 Å². The first-order chi connectivity index (χ1) is 16.5. The number of benzene rings is 1. The zero-order chi connectivity index (χ0) is 25.9. The van der Waals surface area contributed by atoms with Crippen molar-refractivity contribution in [3.05, 3.63) is 69.4 Å². The lowest BCUT2D eigenvalue weighted by molar-refractivity contribution is -0.132. The van der Waals surface area contributed by atoms with Gasteiger partial charge in [-0.2, -0.15) is 5.10 Å². The van der Waals surface area contributed by atoms with E-state index in [9.17, 15) is 27.9 Å². The fourth-order valence-corrected chi connectivity index (χ4v) is 3.89. The van der Waals surface area contributed by atoms with Crippen LogP contribution in [0.4, 0.5) is 24.7 Å². The number of aromatic amines is 1. The molecule has 0 unspecified atom stereocenters. The SMILES string of the molecule is C=C[C@@H](Nc1n[nH]c(=O)c(N)c1/C=C(\N)C1(O)CCN(C(C)=O)CC1)c1cccc(C(F)F)c1F. The normalized spacial score (nSPS) is 16.7. The Labute approximate surface area is 199 Å². The molecule has 1 atom stereocenters. The molecule has 1 aliphatic rings. The first-order valence-electron chi connectivity index (χ1n) is 10.8. The molecule has 9 nitrogen and oxygen atoms in total. The standard InChI is InChI=1S/C23H27F3N6O3/c1-3-16(13-5-4-6-14(18(13)24)20(25)26)29-21-15(19(28)22(34)31-30-21)11-17(27)23(35)7-9-32(10-8-23)12(2)33/h3-6,11,16,20,35H,1,7-10,27H2,2H3,(H,31,34)(H3,28,29,30)/b17-11-/t16-/m1/s1. The molecule has 1 aromatic carbocycles. The zero-order valence-corrected chi connectivity index (χ0v) is 19.0. The summed E-state index contributed by atoms with van der Waals surface area (Å²) in [6.45, 7) is 5.63. The number of rotatable bonds is 7. The number of aromatic nitrogens is 2. The van der Waals surface area contributed by atoms with Crippen molar-refractivity contribution in [3.63, 3.8) is 0 Å². The summed E-state index contributed by atoms with van der Waals surface area (Å²) in [5, 5.41) is 20.0. The van der Waals surface area contributed by atoms with Crippen LogP contribution in [0.15, 0.2) is 41.3 Å². The van der Waals surface area contributed by atoms with Crippen LogP contribution in [-0.4, -0.2) is 44.8 Å². The minimum atomic E-state index is -3.02. The fraction of sp³-hybridized carbons (Fsp3) is 0.348. The molecular formula is C23H27F3N6O3. The molecule has 35 heavy (non-hydrogen) atoms. The lowest BCUT2D eigenvalue weighted by Gasteiger charge is -2.38. The van der Waals surface area contributed by atoms with Gasteiger partial charge in [-0.1, -0.05) is 24.3 Å². The first kappa shape index (κ1) is 25.8. The highest BCUT2D eigenvalue weighted by atomic mass is 19.3. The Morgan fingerprint density at radius 2 is 1.97 bits per heavy atom. The Bertz CT molecular complexity index is 1210. The van der Waals surface area contributed by atoms with Gasteiger partial charge in [0.15, 0.2) is 5.82 Å². The van der Waals surface area contributed by atoms with Gasteiger partial charge in [-0.25, -0.2) is 18.3 Å². The van der Waals surface area contributed by atoms with Crippen molar-refractivity contribution in [2.24, 2.45) is 5.73 Å². The van der Waals surface area contributed by atoms with Gasteiger partial charge in [0.1, 0.15) is 17.1 Å². The number of piperidine rings is 1. The number of nitrogens with one attached hydrogen (secondary N) is 2. The number of amides is 1. The van der Waals surface area contributed by atoms with E-state index in [2.05, 4.69) is 22.1 Å².